The van der Waals surface area contributed by atoms with Gasteiger partial charge in [-0.05, 0) is 52.3 Å². The molecule has 0 aliphatic carbocycles. The smallest absolute Gasteiger partial charge is 0.228 e. The Kier molecular flexibility index (Phi) is 5.34. The van der Waals surface area contributed by atoms with Gasteiger partial charge in [-0.25, -0.2) is 9.97 Å². The molecule has 3 aromatic rings. The molecule has 2 aromatic heterocycles. The summed E-state index contributed by atoms with van der Waals surface area (Å²) in [6.07, 6.45) is 1.43. The van der Waals surface area contributed by atoms with Crippen molar-refractivity contribution in [3.8, 4) is 5.69 Å². The molecule has 7 heteroatoms. The van der Waals surface area contributed by atoms with Crippen molar-refractivity contribution in [1.29, 1.82) is 0 Å². The summed E-state index contributed by atoms with van der Waals surface area (Å²) in [6, 6.07) is 8.30. The van der Waals surface area contributed by atoms with E-state index in [2.05, 4.69) is 58.0 Å². The van der Waals surface area contributed by atoms with Crippen LogP contribution in [0.5, 0.6) is 0 Å². The highest BCUT2D eigenvalue weighted by atomic mass is 16.6. The Bertz CT molecular complexity index is 1090. The largest absolute Gasteiger partial charge is 0.376 e. The Morgan fingerprint density at radius 2 is 1.93 bits per heavy atom. The molecule has 1 fully saturated rings. The van der Waals surface area contributed by atoms with Crippen molar-refractivity contribution < 1.29 is 14.3 Å². The number of benzene rings is 1. The molecule has 0 radical (unpaired) electrons. The maximum Gasteiger partial charge on any atom is 0.228 e. The maximum absolute atomic E-state index is 12.7. The third kappa shape index (κ3) is 3.95. The number of nitrogens with zero attached hydrogens (tertiary/aromatic N) is 3. The number of amides is 1. The molecule has 1 amide bonds. The lowest BCUT2D eigenvalue weighted by Crippen LogP contribution is -2.44. The van der Waals surface area contributed by atoms with Crippen LogP contribution in [-0.2, 0) is 14.3 Å². The molecule has 1 aliphatic heterocycles. The van der Waals surface area contributed by atoms with Gasteiger partial charge in [0.2, 0.25) is 5.91 Å². The van der Waals surface area contributed by atoms with Gasteiger partial charge in [-0.15, -0.1) is 0 Å². The second-order valence-electron chi connectivity index (χ2n) is 8.57. The van der Waals surface area contributed by atoms with Gasteiger partial charge >= 0.3 is 0 Å². The Labute approximate surface area is 176 Å². The van der Waals surface area contributed by atoms with E-state index < -0.39 is 0 Å². The third-order valence-electron chi connectivity index (χ3n) is 5.49. The highest BCUT2D eigenvalue weighted by Crippen LogP contribution is 2.31. The van der Waals surface area contributed by atoms with E-state index in [0.717, 1.165) is 28.0 Å². The van der Waals surface area contributed by atoms with Crippen LogP contribution in [0.15, 0.2) is 30.6 Å². The lowest BCUT2D eigenvalue weighted by atomic mass is 10.1. The maximum atomic E-state index is 12.7. The zero-order chi connectivity index (χ0) is 21.5. The molecule has 1 aromatic carbocycles. The van der Waals surface area contributed by atoms with E-state index in [0.29, 0.717) is 19.0 Å². The molecule has 0 saturated carbocycles. The molecule has 7 nitrogen and oxygen atoms in total. The molecule has 158 valence electrons. The quantitative estimate of drug-likeness (QED) is 0.709. The van der Waals surface area contributed by atoms with Gasteiger partial charge in [-0.2, -0.15) is 0 Å². The summed E-state index contributed by atoms with van der Waals surface area (Å²) in [4.78, 5) is 21.6. The van der Waals surface area contributed by atoms with Crippen LogP contribution in [0, 0.1) is 20.8 Å². The summed E-state index contributed by atoms with van der Waals surface area (Å²) in [5.41, 5.74) is 4.73. The SMILES string of the molecule is Cc1ccc(-n2c(C)c(C)c3c(NC(=O)CC4COCC(C)(C)O4)ncnc32)cc1. The highest BCUT2D eigenvalue weighted by Gasteiger charge is 2.31. The van der Waals surface area contributed by atoms with E-state index in [9.17, 15) is 4.79 Å². The predicted molar refractivity (Wildman–Crippen MR) is 116 cm³/mol. The molecule has 3 heterocycles. The monoisotopic (exact) mass is 408 g/mol. The van der Waals surface area contributed by atoms with Crippen molar-refractivity contribution in [2.75, 3.05) is 18.5 Å². The van der Waals surface area contributed by atoms with E-state index in [1.165, 1.54) is 11.9 Å². The number of hydrogen-bond donors (Lipinski definition) is 1. The fraction of sp³-hybridized carbons (Fsp3) is 0.435. The molecule has 4 rings (SSSR count). The second-order valence-corrected chi connectivity index (χ2v) is 8.57. The number of fused-ring (bicyclic) bond motifs is 1. The van der Waals surface area contributed by atoms with Gasteiger partial charge in [0.1, 0.15) is 12.1 Å². The normalized spacial score (nSPS) is 18.5. The van der Waals surface area contributed by atoms with Crippen LogP contribution in [0.2, 0.25) is 0 Å². The molecular formula is C23H28N4O3. The van der Waals surface area contributed by atoms with Crippen molar-refractivity contribution in [3.63, 3.8) is 0 Å². The number of rotatable bonds is 4. The van der Waals surface area contributed by atoms with E-state index in [4.69, 9.17) is 9.47 Å². The average Bonchev–Trinajstić information content (AvgIpc) is 2.93. The molecule has 0 bridgehead atoms. The van der Waals surface area contributed by atoms with Crippen LogP contribution in [0.1, 0.15) is 37.1 Å². The highest BCUT2D eigenvalue weighted by molar-refractivity contribution is 6.01. The minimum Gasteiger partial charge on any atom is -0.376 e. The first-order valence-electron chi connectivity index (χ1n) is 10.2. The molecule has 1 aliphatic rings. The van der Waals surface area contributed by atoms with Gasteiger partial charge in [0.15, 0.2) is 5.65 Å². The summed E-state index contributed by atoms with van der Waals surface area (Å²) in [6.45, 7) is 11.0. The molecule has 30 heavy (non-hydrogen) atoms. The lowest BCUT2D eigenvalue weighted by Gasteiger charge is -2.35. The van der Waals surface area contributed by atoms with Crippen LogP contribution < -0.4 is 5.32 Å². The van der Waals surface area contributed by atoms with Crippen LogP contribution in [0.25, 0.3) is 16.7 Å². The van der Waals surface area contributed by atoms with Gasteiger partial charge < -0.3 is 14.8 Å². The molecule has 1 atom stereocenters. The summed E-state index contributed by atoms with van der Waals surface area (Å²) in [5, 5.41) is 3.81. The Balaban J connectivity index is 1.63. The van der Waals surface area contributed by atoms with Crippen molar-refractivity contribution >= 4 is 22.8 Å². The summed E-state index contributed by atoms with van der Waals surface area (Å²) >= 11 is 0. The van der Waals surface area contributed by atoms with Crippen LogP contribution in [0.3, 0.4) is 0 Å². The van der Waals surface area contributed by atoms with E-state index in [1.807, 2.05) is 20.8 Å². The summed E-state index contributed by atoms with van der Waals surface area (Å²) in [5.74, 6) is 0.369. The third-order valence-corrected chi connectivity index (χ3v) is 5.49. The zero-order valence-electron chi connectivity index (χ0n) is 18.2. The second kappa shape index (κ2) is 7.81. The van der Waals surface area contributed by atoms with E-state index >= 15 is 0 Å². The Hall–Kier alpha value is -2.77. The standard InChI is InChI=1S/C23H28N4O3/c1-14-6-8-17(9-7-14)27-16(3)15(2)20-21(24-13-25-22(20)27)26-19(28)10-18-11-29-12-23(4,5)30-18/h6-9,13,18H,10-12H2,1-5H3,(H,24,25,26,28). The van der Waals surface area contributed by atoms with E-state index in [1.54, 1.807) is 0 Å². The number of aromatic nitrogens is 3. The molecule has 0 spiro atoms. The van der Waals surface area contributed by atoms with Gasteiger partial charge in [0, 0.05) is 11.4 Å². The first-order valence-corrected chi connectivity index (χ1v) is 10.2. The molecule has 1 unspecified atom stereocenters. The van der Waals surface area contributed by atoms with Gasteiger partial charge in [-0.1, -0.05) is 17.7 Å². The first-order chi connectivity index (χ1) is 14.2. The molecule has 1 N–H and O–H groups in total. The van der Waals surface area contributed by atoms with Gasteiger partial charge in [0.25, 0.3) is 0 Å². The van der Waals surface area contributed by atoms with Crippen molar-refractivity contribution in [3.05, 3.63) is 47.4 Å². The van der Waals surface area contributed by atoms with Crippen LogP contribution in [0.4, 0.5) is 5.82 Å². The van der Waals surface area contributed by atoms with E-state index in [-0.39, 0.29) is 24.0 Å². The fourth-order valence-electron chi connectivity index (χ4n) is 3.95. The van der Waals surface area contributed by atoms with Crippen LogP contribution in [-0.4, -0.2) is 45.4 Å². The zero-order valence-corrected chi connectivity index (χ0v) is 18.2. The van der Waals surface area contributed by atoms with Crippen molar-refractivity contribution in [2.45, 2.75) is 52.7 Å². The van der Waals surface area contributed by atoms with Gasteiger partial charge in [-0.3, -0.25) is 9.36 Å². The first kappa shape index (κ1) is 20.5. The molecule has 1 saturated heterocycles. The fourth-order valence-corrected chi connectivity index (χ4v) is 3.95. The number of nitrogens with one attached hydrogen (secondary N) is 1. The Morgan fingerprint density at radius 1 is 1.20 bits per heavy atom. The topological polar surface area (TPSA) is 78.3 Å². The minimum absolute atomic E-state index is 0.151. The molecular weight excluding hydrogens is 380 g/mol. The number of anilines is 1. The number of carbonyl (C=O) groups excluding carboxylic acids is 1. The number of carbonyl (C=O) groups is 1. The van der Waals surface area contributed by atoms with Gasteiger partial charge in [0.05, 0.1) is 36.7 Å². The van der Waals surface area contributed by atoms with Crippen LogP contribution >= 0.6 is 0 Å². The lowest BCUT2D eigenvalue weighted by molar-refractivity contribution is -0.184. The summed E-state index contributed by atoms with van der Waals surface area (Å²) in [7, 11) is 0. The summed E-state index contributed by atoms with van der Waals surface area (Å²) < 4.78 is 13.6. The van der Waals surface area contributed by atoms with Crippen molar-refractivity contribution in [2.24, 2.45) is 0 Å². The average molecular weight is 409 g/mol. The number of ether oxygens (including phenoxy) is 2. The minimum atomic E-state index is -0.385. The number of hydrogen-bond acceptors (Lipinski definition) is 5. The number of aryl methyl sites for hydroxylation is 2. The Morgan fingerprint density at radius 3 is 2.63 bits per heavy atom. The predicted octanol–water partition coefficient (Wildman–Crippen LogP) is 3.87. The van der Waals surface area contributed by atoms with Crippen molar-refractivity contribution in [1.82, 2.24) is 14.5 Å².